The van der Waals surface area contributed by atoms with Crippen molar-refractivity contribution in [3.8, 4) is 17.2 Å². The number of para-hydroxylation sites is 2. The molecule has 9 aromatic carbocycles. The van der Waals surface area contributed by atoms with Crippen LogP contribution in [0.15, 0.2) is 170 Å². The molecule has 4 heterocycles. The van der Waals surface area contributed by atoms with Crippen molar-refractivity contribution in [3.05, 3.63) is 170 Å². The Morgan fingerprint density at radius 2 is 0.944 bits per heavy atom. The first kappa shape index (κ1) is 28.3. The van der Waals surface area contributed by atoms with Crippen LogP contribution >= 0.6 is 0 Å². The maximum atomic E-state index is 5.65. The maximum absolute atomic E-state index is 5.65. The summed E-state index contributed by atoms with van der Waals surface area (Å²) in [6.07, 6.45) is 0. The van der Waals surface area contributed by atoms with E-state index in [1.807, 2.05) is 0 Å². The molecule has 0 fully saturated rings. The molecular weight excluding hydrogens is 657 g/mol. The van der Waals surface area contributed by atoms with Crippen LogP contribution in [0.25, 0.3) is 120 Å². The van der Waals surface area contributed by atoms with Gasteiger partial charge in [-0.2, -0.15) is 0 Å². The number of benzene rings is 9. The van der Waals surface area contributed by atoms with Crippen molar-refractivity contribution in [3.63, 3.8) is 0 Å². The molecule has 4 nitrogen and oxygen atoms in total. The van der Waals surface area contributed by atoms with Gasteiger partial charge in [-0.1, -0.05) is 140 Å². The molecule has 0 saturated carbocycles. The lowest BCUT2D eigenvalue weighted by molar-refractivity contribution is 1.02. The lowest BCUT2D eigenvalue weighted by Crippen LogP contribution is -2.04. The van der Waals surface area contributed by atoms with Gasteiger partial charge < -0.3 is 4.40 Å². The fourth-order valence-corrected chi connectivity index (χ4v) is 9.47. The third-order valence-corrected chi connectivity index (χ3v) is 11.8. The first-order valence-corrected chi connectivity index (χ1v) is 18.5. The third kappa shape index (κ3) is 3.57. The third-order valence-electron chi connectivity index (χ3n) is 11.8. The molecule has 13 rings (SSSR count). The second kappa shape index (κ2) is 10.2. The van der Waals surface area contributed by atoms with Crippen molar-refractivity contribution < 1.29 is 0 Å². The van der Waals surface area contributed by atoms with Crippen LogP contribution in [0.4, 0.5) is 0 Å². The highest BCUT2D eigenvalue weighted by molar-refractivity contribution is 6.35. The predicted octanol–water partition coefficient (Wildman–Crippen LogP) is 13.0. The monoisotopic (exact) mass is 684 g/mol. The van der Waals surface area contributed by atoms with Gasteiger partial charge in [0.05, 0.1) is 38.8 Å². The van der Waals surface area contributed by atoms with Gasteiger partial charge in [-0.25, -0.2) is 9.97 Å². The van der Waals surface area contributed by atoms with Gasteiger partial charge in [0, 0.05) is 54.0 Å². The average Bonchev–Trinajstić information content (AvgIpc) is 3.88. The molecule has 0 N–H and O–H groups in total. The number of fused-ring (bicyclic) bond motifs is 16. The Labute approximate surface area is 308 Å². The van der Waals surface area contributed by atoms with Crippen LogP contribution in [-0.4, -0.2) is 18.9 Å². The molecule has 0 bridgehead atoms. The first-order chi connectivity index (χ1) is 26.8. The van der Waals surface area contributed by atoms with Crippen molar-refractivity contribution in [2.24, 2.45) is 0 Å². The summed E-state index contributed by atoms with van der Waals surface area (Å²) >= 11 is 0. The average molecular weight is 685 g/mol. The van der Waals surface area contributed by atoms with Crippen LogP contribution in [0.3, 0.4) is 0 Å². The van der Waals surface area contributed by atoms with Crippen LogP contribution in [0.2, 0.25) is 0 Å². The van der Waals surface area contributed by atoms with Crippen LogP contribution in [-0.2, 0) is 0 Å². The van der Waals surface area contributed by atoms with Crippen LogP contribution < -0.4 is 0 Å². The molecule has 4 aromatic heterocycles. The molecule has 0 spiro atoms. The maximum Gasteiger partial charge on any atom is 0.235 e. The fraction of sp³-hybridized carbons (Fsp3) is 0. The molecule has 0 aliphatic carbocycles. The van der Waals surface area contributed by atoms with Crippen molar-refractivity contribution in [1.82, 2.24) is 18.9 Å². The molecule has 54 heavy (non-hydrogen) atoms. The van der Waals surface area contributed by atoms with E-state index in [1.165, 1.54) is 70.4 Å². The Morgan fingerprint density at radius 3 is 1.76 bits per heavy atom. The number of hydrogen-bond donors (Lipinski definition) is 0. The van der Waals surface area contributed by atoms with E-state index in [4.69, 9.17) is 9.97 Å². The minimum Gasteiger partial charge on any atom is -0.308 e. The molecule has 4 heteroatoms. The minimum absolute atomic E-state index is 0.668. The predicted molar refractivity (Wildman–Crippen MR) is 226 cm³/mol. The largest absolute Gasteiger partial charge is 0.308 e. The fourth-order valence-electron chi connectivity index (χ4n) is 9.47. The van der Waals surface area contributed by atoms with Crippen molar-refractivity contribution in [1.29, 1.82) is 0 Å². The molecule has 0 unspecified atom stereocenters. The second-order valence-corrected chi connectivity index (χ2v) is 14.5. The van der Waals surface area contributed by atoms with Gasteiger partial charge in [-0.15, -0.1) is 0 Å². The van der Waals surface area contributed by atoms with E-state index in [-0.39, 0.29) is 0 Å². The first-order valence-electron chi connectivity index (χ1n) is 18.5. The lowest BCUT2D eigenvalue weighted by Gasteiger charge is -2.15. The van der Waals surface area contributed by atoms with E-state index < -0.39 is 0 Å². The zero-order valence-electron chi connectivity index (χ0n) is 29.0. The SMILES string of the molecule is c1ccc2cc(-c3nc(-n4c5c6ccccc6ccc5c5cc6c7ccccc7n7c8ccccc8c(c54)c67)nc4c3ccc3ccccc34)ccc2c1. The summed E-state index contributed by atoms with van der Waals surface area (Å²) in [7, 11) is 0. The van der Waals surface area contributed by atoms with Crippen molar-refractivity contribution in [2.45, 2.75) is 0 Å². The number of nitrogens with zero attached hydrogens (tertiary/aromatic N) is 4. The molecule has 248 valence electrons. The zero-order valence-corrected chi connectivity index (χ0v) is 29.0. The summed E-state index contributed by atoms with van der Waals surface area (Å²) < 4.78 is 4.85. The molecule has 0 radical (unpaired) electrons. The van der Waals surface area contributed by atoms with Gasteiger partial charge in [0.25, 0.3) is 0 Å². The van der Waals surface area contributed by atoms with Gasteiger partial charge in [0.2, 0.25) is 5.95 Å². The van der Waals surface area contributed by atoms with Gasteiger partial charge in [-0.3, -0.25) is 4.57 Å². The van der Waals surface area contributed by atoms with E-state index in [0.717, 1.165) is 44.0 Å². The van der Waals surface area contributed by atoms with E-state index in [2.05, 4.69) is 179 Å². The molecular formula is C50H28N4. The molecule has 0 saturated heterocycles. The Balaban J connectivity index is 1.29. The summed E-state index contributed by atoms with van der Waals surface area (Å²) in [5.41, 5.74) is 8.86. The van der Waals surface area contributed by atoms with E-state index in [0.29, 0.717) is 5.95 Å². The van der Waals surface area contributed by atoms with Gasteiger partial charge in [-0.05, 0) is 51.9 Å². The highest BCUT2D eigenvalue weighted by Crippen LogP contribution is 2.47. The highest BCUT2D eigenvalue weighted by atomic mass is 15.2. The van der Waals surface area contributed by atoms with Crippen LogP contribution in [0.1, 0.15) is 0 Å². The van der Waals surface area contributed by atoms with Gasteiger partial charge in [0.1, 0.15) is 0 Å². The zero-order chi connectivity index (χ0) is 35.1. The number of hydrogen-bond acceptors (Lipinski definition) is 2. The minimum atomic E-state index is 0.668. The number of aromatic nitrogens is 4. The Morgan fingerprint density at radius 1 is 0.352 bits per heavy atom. The molecule has 0 aliphatic heterocycles. The lowest BCUT2D eigenvalue weighted by atomic mass is 10.00. The summed E-state index contributed by atoms with van der Waals surface area (Å²) in [6.45, 7) is 0. The standard InChI is InChI=1S/C50H28N4/c1-2-14-32-27-33(22-21-29(32)11-1)45-39-26-24-30-12-3-5-15-34(30)46(39)52-50(51-45)54-47-35-16-6-4-13-31(35)23-25-37(47)41-28-40-36-17-7-9-19-42(36)53-43-20-10-8-18-38(43)44(48(40)53)49(41)54/h1-28H. The topological polar surface area (TPSA) is 35.1 Å². The Bertz CT molecular complexity index is 3740. The van der Waals surface area contributed by atoms with E-state index in [1.54, 1.807) is 0 Å². The van der Waals surface area contributed by atoms with Crippen molar-refractivity contribution in [2.75, 3.05) is 0 Å². The summed E-state index contributed by atoms with van der Waals surface area (Å²) in [4.78, 5) is 11.3. The smallest absolute Gasteiger partial charge is 0.235 e. The van der Waals surface area contributed by atoms with Crippen LogP contribution in [0.5, 0.6) is 0 Å². The number of rotatable bonds is 2. The van der Waals surface area contributed by atoms with Crippen molar-refractivity contribution >= 4 is 103 Å². The molecule has 0 atom stereocenters. The summed E-state index contributed by atoms with van der Waals surface area (Å²) in [5, 5.41) is 15.4. The van der Waals surface area contributed by atoms with E-state index >= 15 is 0 Å². The Hall–Kier alpha value is -7.30. The summed E-state index contributed by atoms with van der Waals surface area (Å²) in [6, 6.07) is 61.6. The quantitative estimate of drug-likeness (QED) is 0.170. The molecule has 13 aromatic rings. The molecule has 0 amide bonds. The summed E-state index contributed by atoms with van der Waals surface area (Å²) in [5.74, 6) is 0.668. The molecule has 0 aliphatic rings. The van der Waals surface area contributed by atoms with E-state index in [9.17, 15) is 0 Å². The normalized spacial score (nSPS) is 12.4. The Kier molecular flexibility index (Phi) is 5.34. The highest BCUT2D eigenvalue weighted by Gasteiger charge is 2.26. The van der Waals surface area contributed by atoms with Gasteiger partial charge in [0.15, 0.2) is 0 Å². The van der Waals surface area contributed by atoms with Crippen LogP contribution in [0, 0.1) is 0 Å². The van der Waals surface area contributed by atoms with Gasteiger partial charge >= 0.3 is 0 Å². The second-order valence-electron chi connectivity index (χ2n) is 14.5.